The Bertz CT molecular complexity index is 463. The fraction of sp³-hybridized carbons (Fsp3) is 0.462. The largest absolute Gasteiger partial charge is 0.481 e. The van der Waals surface area contributed by atoms with Crippen LogP contribution in [0, 0.1) is 11.8 Å². The van der Waals surface area contributed by atoms with Gasteiger partial charge in [0.1, 0.15) is 0 Å². The smallest absolute Gasteiger partial charge is 0.308 e. The summed E-state index contributed by atoms with van der Waals surface area (Å²) in [6, 6.07) is 1.64. The number of hydrogen-bond donors (Lipinski definition) is 2. The molecule has 0 saturated heterocycles. The first-order valence-corrected chi connectivity index (χ1v) is 6.81. The van der Waals surface area contributed by atoms with Crippen LogP contribution in [0.3, 0.4) is 0 Å². The van der Waals surface area contributed by atoms with Gasteiger partial charge in [0.15, 0.2) is 0 Å². The van der Waals surface area contributed by atoms with Gasteiger partial charge in [0, 0.05) is 23.4 Å². The molecule has 1 aromatic heterocycles. The van der Waals surface area contributed by atoms with E-state index in [-0.39, 0.29) is 18.4 Å². The molecule has 1 rings (SSSR count). The van der Waals surface area contributed by atoms with E-state index >= 15 is 0 Å². The van der Waals surface area contributed by atoms with E-state index in [1.165, 1.54) is 6.20 Å². The number of aliphatic carboxylic acids is 1. The van der Waals surface area contributed by atoms with Crippen molar-refractivity contribution in [3.63, 3.8) is 0 Å². The molecule has 0 spiro atoms. The van der Waals surface area contributed by atoms with Crippen molar-refractivity contribution in [2.45, 2.75) is 20.3 Å². The number of nitrogens with zero attached hydrogens (tertiary/aromatic N) is 1. The van der Waals surface area contributed by atoms with E-state index < -0.39 is 11.9 Å². The van der Waals surface area contributed by atoms with E-state index in [0.29, 0.717) is 16.5 Å². The Morgan fingerprint density at radius 1 is 1.42 bits per heavy atom. The van der Waals surface area contributed by atoms with Crippen molar-refractivity contribution < 1.29 is 14.7 Å². The Labute approximate surface area is 120 Å². The maximum atomic E-state index is 11.8. The van der Waals surface area contributed by atoms with Gasteiger partial charge in [-0.15, -0.1) is 0 Å². The summed E-state index contributed by atoms with van der Waals surface area (Å²) in [5, 5.41) is 11.7. The van der Waals surface area contributed by atoms with Crippen LogP contribution in [0.5, 0.6) is 0 Å². The number of aromatic nitrogens is 1. The van der Waals surface area contributed by atoms with Crippen LogP contribution in [0.1, 0.15) is 30.6 Å². The van der Waals surface area contributed by atoms with Gasteiger partial charge in [-0.2, -0.15) is 0 Å². The van der Waals surface area contributed by atoms with Crippen LogP contribution in [0.4, 0.5) is 0 Å². The quantitative estimate of drug-likeness (QED) is 0.839. The molecule has 19 heavy (non-hydrogen) atoms. The molecule has 1 atom stereocenters. The number of rotatable bonds is 6. The third kappa shape index (κ3) is 5.38. The van der Waals surface area contributed by atoms with Gasteiger partial charge in [-0.3, -0.25) is 14.6 Å². The second kappa shape index (κ2) is 7.23. The summed E-state index contributed by atoms with van der Waals surface area (Å²) < 4.78 is 0.706. The maximum absolute atomic E-state index is 11.8. The molecule has 2 N–H and O–H groups in total. The van der Waals surface area contributed by atoms with Gasteiger partial charge in [-0.25, -0.2) is 0 Å². The number of hydrogen-bond acceptors (Lipinski definition) is 3. The summed E-state index contributed by atoms with van der Waals surface area (Å²) in [5.74, 6) is -1.50. The fourth-order valence-corrected chi connectivity index (χ4v) is 2.06. The Hall–Kier alpha value is -1.43. The number of pyridine rings is 1. The van der Waals surface area contributed by atoms with Crippen molar-refractivity contribution in [1.82, 2.24) is 10.3 Å². The van der Waals surface area contributed by atoms with Gasteiger partial charge in [-0.05, 0) is 34.3 Å². The Morgan fingerprint density at radius 2 is 2.11 bits per heavy atom. The minimum Gasteiger partial charge on any atom is -0.481 e. The Balaban J connectivity index is 2.59. The molecule has 0 fully saturated rings. The van der Waals surface area contributed by atoms with Crippen LogP contribution in [0.15, 0.2) is 22.9 Å². The fourth-order valence-electron chi connectivity index (χ4n) is 1.69. The molecular formula is C13H17BrN2O3. The highest BCUT2D eigenvalue weighted by molar-refractivity contribution is 9.10. The minimum absolute atomic E-state index is 0.124. The van der Waals surface area contributed by atoms with Crippen molar-refractivity contribution in [3.8, 4) is 0 Å². The minimum atomic E-state index is -0.888. The third-order valence-electron chi connectivity index (χ3n) is 2.58. The van der Waals surface area contributed by atoms with Crippen LogP contribution in [0.25, 0.3) is 0 Å². The molecule has 0 aliphatic heterocycles. The van der Waals surface area contributed by atoms with Crippen LogP contribution in [-0.2, 0) is 4.79 Å². The molecule has 0 saturated carbocycles. The molecule has 104 valence electrons. The van der Waals surface area contributed by atoms with Crippen molar-refractivity contribution in [3.05, 3.63) is 28.5 Å². The van der Waals surface area contributed by atoms with Gasteiger partial charge < -0.3 is 10.4 Å². The van der Waals surface area contributed by atoms with E-state index in [9.17, 15) is 9.59 Å². The van der Waals surface area contributed by atoms with Gasteiger partial charge >= 0.3 is 5.97 Å². The number of amides is 1. The normalized spacial score (nSPS) is 12.2. The maximum Gasteiger partial charge on any atom is 0.308 e. The molecular weight excluding hydrogens is 312 g/mol. The summed E-state index contributed by atoms with van der Waals surface area (Å²) in [4.78, 5) is 26.8. The van der Waals surface area contributed by atoms with Crippen molar-refractivity contribution in [1.29, 1.82) is 0 Å². The molecule has 1 aromatic rings. The number of nitrogens with one attached hydrogen (secondary N) is 1. The predicted molar refractivity (Wildman–Crippen MR) is 74.9 cm³/mol. The van der Waals surface area contributed by atoms with E-state index in [4.69, 9.17) is 5.11 Å². The van der Waals surface area contributed by atoms with Gasteiger partial charge in [0.2, 0.25) is 0 Å². The molecule has 1 heterocycles. The van der Waals surface area contributed by atoms with E-state index in [2.05, 4.69) is 26.2 Å². The lowest BCUT2D eigenvalue weighted by Crippen LogP contribution is -2.33. The Kier molecular flexibility index (Phi) is 5.95. The van der Waals surface area contributed by atoms with Gasteiger partial charge in [0.25, 0.3) is 5.91 Å². The standard InChI is InChI=1S/C13H17BrN2O3/c1-8(2)3-10(13(18)19)6-16-12(17)9-4-11(14)7-15-5-9/h4-5,7-8,10H,3,6H2,1-2H3,(H,16,17)(H,18,19). The Morgan fingerprint density at radius 3 is 2.63 bits per heavy atom. The zero-order valence-electron chi connectivity index (χ0n) is 10.9. The number of carbonyl (C=O) groups is 2. The molecule has 0 aromatic carbocycles. The van der Waals surface area contributed by atoms with Gasteiger partial charge in [-0.1, -0.05) is 13.8 Å². The molecule has 0 aliphatic carbocycles. The SMILES string of the molecule is CC(C)CC(CNC(=O)c1cncc(Br)c1)C(=O)O. The average molecular weight is 329 g/mol. The first-order chi connectivity index (χ1) is 8.90. The topological polar surface area (TPSA) is 79.3 Å². The second-order valence-electron chi connectivity index (χ2n) is 4.77. The number of halogens is 1. The van der Waals surface area contributed by atoms with Crippen molar-refractivity contribution in [2.75, 3.05) is 6.54 Å². The molecule has 6 heteroatoms. The average Bonchev–Trinajstić information content (AvgIpc) is 2.33. The van der Waals surface area contributed by atoms with Crippen molar-refractivity contribution in [2.24, 2.45) is 11.8 Å². The molecule has 5 nitrogen and oxygen atoms in total. The number of carbonyl (C=O) groups excluding carboxylic acids is 1. The summed E-state index contributed by atoms with van der Waals surface area (Å²) in [5.41, 5.74) is 0.406. The summed E-state index contributed by atoms with van der Waals surface area (Å²) in [7, 11) is 0. The molecule has 1 amide bonds. The molecule has 0 bridgehead atoms. The second-order valence-corrected chi connectivity index (χ2v) is 5.68. The van der Waals surface area contributed by atoms with E-state index in [0.717, 1.165) is 0 Å². The molecule has 0 aliphatic rings. The monoisotopic (exact) mass is 328 g/mol. The number of carboxylic acids is 1. The van der Waals surface area contributed by atoms with E-state index in [1.54, 1.807) is 12.3 Å². The van der Waals surface area contributed by atoms with Crippen LogP contribution in [0.2, 0.25) is 0 Å². The first kappa shape index (κ1) is 15.6. The van der Waals surface area contributed by atoms with E-state index in [1.807, 2.05) is 13.8 Å². The summed E-state index contributed by atoms with van der Waals surface area (Å²) in [6.07, 6.45) is 3.56. The lowest BCUT2D eigenvalue weighted by Gasteiger charge is -2.15. The highest BCUT2D eigenvalue weighted by Gasteiger charge is 2.20. The summed E-state index contributed by atoms with van der Waals surface area (Å²) in [6.45, 7) is 4.03. The molecule has 1 unspecified atom stereocenters. The summed E-state index contributed by atoms with van der Waals surface area (Å²) >= 11 is 3.23. The van der Waals surface area contributed by atoms with Crippen LogP contribution >= 0.6 is 15.9 Å². The lowest BCUT2D eigenvalue weighted by molar-refractivity contribution is -0.142. The molecule has 0 radical (unpaired) electrons. The van der Waals surface area contributed by atoms with Crippen LogP contribution < -0.4 is 5.32 Å². The lowest BCUT2D eigenvalue weighted by atomic mass is 9.97. The highest BCUT2D eigenvalue weighted by Crippen LogP contribution is 2.12. The van der Waals surface area contributed by atoms with Gasteiger partial charge in [0.05, 0.1) is 11.5 Å². The predicted octanol–water partition coefficient (Wildman–Crippen LogP) is 2.32. The zero-order chi connectivity index (χ0) is 14.4. The third-order valence-corrected chi connectivity index (χ3v) is 3.01. The van der Waals surface area contributed by atoms with Crippen molar-refractivity contribution >= 4 is 27.8 Å². The zero-order valence-corrected chi connectivity index (χ0v) is 12.5. The highest BCUT2D eigenvalue weighted by atomic mass is 79.9. The van der Waals surface area contributed by atoms with Crippen LogP contribution in [-0.4, -0.2) is 28.5 Å². The first-order valence-electron chi connectivity index (χ1n) is 6.01. The number of carboxylic acid groups (broad SMARTS) is 1.